The van der Waals surface area contributed by atoms with Crippen LogP contribution in [0.3, 0.4) is 0 Å². The highest BCUT2D eigenvalue weighted by atomic mass is 32.2. The van der Waals surface area contributed by atoms with Gasteiger partial charge in [-0.15, -0.1) is 0 Å². The van der Waals surface area contributed by atoms with E-state index in [1.54, 1.807) is 4.90 Å². The minimum atomic E-state index is -2.96. The van der Waals surface area contributed by atoms with E-state index in [1.807, 2.05) is 14.0 Å². The number of hydrogen-bond donors (Lipinski definition) is 1. The second kappa shape index (κ2) is 6.02. The van der Waals surface area contributed by atoms with E-state index >= 15 is 0 Å². The number of hydrogen-bond acceptors (Lipinski definition) is 4. The first kappa shape index (κ1) is 15.8. The van der Waals surface area contributed by atoms with Gasteiger partial charge in [-0.2, -0.15) is 0 Å². The van der Waals surface area contributed by atoms with Gasteiger partial charge in [0.1, 0.15) is 0 Å². The number of nitrogens with one attached hydrogen (secondary N) is 1. The number of carbonyl (C=O) groups excluding carboxylic acids is 1. The van der Waals surface area contributed by atoms with Crippen molar-refractivity contribution in [3.8, 4) is 0 Å². The van der Waals surface area contributed by atoms with Gasteiger partial charge in [-0.05, 0) is 26.8 Å². The lowest BCUT2D eigenvalue weighted by molar-refractivity contribution is -0.134. The van der Waals surface area contributed by atoms with Crippen LogP contribution in [0.15, 0.2) is 0 Å². The SMILES string of the molecule is CNC1(CC(=O)N2CCS(=O)(=O)CC2C)CCCCC1. The summed E-state index contributed by atoms with van der Waals surface area (Å²) >= 11 is 0. The van der Waals surface area contributed by atoms with Crippen molar-refractivity contribution in [1.82, 2.24) is 10.2 Å². The maximum absolute atomic E-state index is 12.5. The topological polar surface area (TPSA) is 66.5 Å². The molecule has 0 aromatic heterocycles. The lowest BCUT2D eigenvalue weighted by Gasteiger charge is -2.40. The van der Waals surface area contributed by atoms with Gasteiger partial charge in [-0.3, -0.25) is 4.79 Å². The lowest BCUT2D eigenvalue weighted by Crippen LogP contribution is -2.54. The number of nitrogens with zero attached hydrogens (tertiary/aromatic N) is 1. The van der Waals surface area contributed by atoms with Gasteiger partial charge in [0, 0.05) is 24.5 Å². The van der Waals surface area contributed by atoms with Gasteiger partial charge in [0.15, 0.2) is 9.84 Å². The Morgan fingerprint density at radius 1 is 1.30 bits per heavy atom. The Morgan fingerprint density at radius 3 is 2.50 bits per heavy atom. The van der Waals surface area contributed by atoms with Crippen LogP contribution in [0, 0.1) is 0 Å². The molecule has 0 spiro atoms. The van der Waals surface area contributed by atoms with Crippen molar-refractivity contribution in [3.05, 3.63) is 0 Å². The van der Waals surface area contributed by atoms with Crippen LogP contribution < -0.4 is 5.32 Å². The molecular weight excluding hydrogens is 276 g/mol. The minimum Gasteiger partial charge on any atom is -0.338 e. The Kier molecular flexibility index (Phi) is 4.74. The van der Waals surface area contributed by atoms with Crippen LogP contribution in [0.4, 0.5) is 0 Å². The minimum absolute atomic E-state index is 0.0780. The van der Waals surface area contributed by atoms with Crippen molar-refractivity contribution in [2.24, 2.45) is 0 Å². The molecular formula is C14H26N2O3S. The first-order chi connectivity index (χ1) is 9.37. The summed E-state index contributed by atoms with van der Waals surface area (Å²) in [5, 5.41) is 3.35. The van der Waals surface area contributed by atoms with Crippen LogP contribution in [0.1, 0.15) is 45.4 Å². The average molecular weight is 302 g/mol. The smallest absolute Gasteiger partial charge is 0.224 e. The number of amides is 1. The van der Waals surface area contributed by atoms with E-state index in [0.717, 1.165) is 25.7 Å². The zero-order chi connectivity index (χ0) is 14.8. The molecule has 20 heavy (non-hydrogen) atoms. The molecule has 116 valence electrons. The van der Waals surface area contributed by atoms with E-state index in [-0.39, 0.29) is 29.0 Å². The Bertz CT molecular complexity index is 455. The number of sulfone groups is 1. The molecule has 2 aliphatic rings. The molecule has 0 aromatic rings. The van der Waals surface area contributed by atoms with E-state index < -0.39 is 9.84 Å². The van der Waals surface area contributed by atoms with Gasteiger partial charge in [0.2, 0.25) is 5.91 Å². The summed E-state index contributed by atoms with van der Waals surface area (Å²) in [6, 6.07) is -0.196. The number of rotatable bonds is 3. The summed E-state index contributed by atoms with van der Waals surface area (Å²) in [6.45, 7) is 2.18. The van der Waals surface area contributed by atoms with Crippen molar-refractivity contribution < 1.29 is 13.2 Å². The average Bonchev–Trinajstić information content (AvgIpc) is 2.38. The molecule has 1 heterocycles. The third-order valence-corrected chi connectivity index (χ3v) is 6.62. The van der Waals surface area contributed by atoms with Crippen LogP contribution >= 0.6 is 0 Å². The molecule has 0 radical (unpaired) electrons. The monoisotopic (exact) mass is 302 g/mol. The van der Waals surface area contributed by atoms with Crippen molar-refractivity contribution in [3.63, 3.8) is 0 Å². The molecule has 1 saturated heterocycles. The fraction of sp³-hybridized carbons (Fsp3) is 0.929. The fourth-order valence-electron chi connectivity index (χ4n) is 3.50. The third-order valence-electron chi connectivity index (χ3n) is 4.82. The number of carbonyl (C=O) groups is 1. The second-order valence-electron chi connectivity index (χ2n) is 6.32. The van der Waals surface area contributed by atoms with E-state index in [1.165, 1.54) is 6.42 Å². The first-order valence-electron chi connectivity index (χ1n) is 7.56. The molecule has 2 rings (SSSR count). The first-order valence-corrected chi connectivity index (χ1v) is 9.38. The molecule has 0 aromatic carbocycles. The van der Waals surface area contributed by atoms with Crippen LogP contribution in [-0.2, 0) is 14.6 Å². The largest absolute Gasteiger partial charge is 0.338 e. The maximum Gasteiger partial charge on any atom is 0.224 e. The van der Waals surface area contributed by atoms with Crippen molar-refractivity contribution in [2.45, 2.75) is 57.0 Å². The summed E-state index contributed by atoms with van der Waals surface area (Å²) in [5.41, 5.74) is -0.0780. The quantitative estimate of drug-likeness (QED) is 0.843. The maximum atomic E-state index is 12.5. The standard InChI is InChI=1S/C14H26N2O3S/c1-12-11-20(18,19)9-8-16(12)13(17)10-14(15-2)6-4-3-5-7-14/h12,15H,3-11H2,1-2H3. The molecule has 1 aliphatic heterocycles. The molecule has 1 amide bonds. The molecule has 1 saturated carbocycles. The van der Waals surface area contributed by atoms with Crippen molar-refractivity contribution in [1.29, 1.82) is 0 Å². The predicted molar refractivity (Wildman–Crippen MR) is 79.3 cm³/mol. The molecule has 1 aliphatic carbocycles. The predicted octanol–water partition coefficient (Wildman–Crippen LogP) is 0.944. The fourth-order valence-corrected chi connectivity index (χ4v) is 5.06. The van der Waals surface area contributed by atoms with Crippen LogP contribution in [0.25, 0.3) is 0 Å². The summed E-state index contributed by atoms with van der Waals surface area (Å²) in [6.07, 6.45) is 6.14. The van der Waals surface area contributed by atoms with Crippen LogP contribution in [0.5, 0.6) is 0 Å². The van der Waals surface area contributed by atoms with Gasteiger partial charge in [-0.25, -0.2) is 8.42 Å². The van der Waals surface area contributed by atoms with E-state index in [4.69, 9.17) is 0 Å². The van der Waals surface area contributed by atoms with Crippen LogP contribution in [0.2, 0.25) is 0 Å². The molecule has 1 atom stereocenters. The Labute approximate surface area is 122 Å². The highest BCUT2D eigenvalue weighted by Gasteiger charge is 2.37. The van der Waals surface area contributed by atoms with Crippen molar-refractivity contribution >= 4 is 15.7 Å². The van der Waals surface area contributed by atoms with Gasteiger partial charge in [-0.1, -0.05) is 19.3 Å². The van der Waals surface area contributed by atoms with Crippen molar-refractivity contribution in [2.75, 3.05) is 25.1 Å². The molecule has 5 nitrogen and oxygen atoms in total. The lowest BCUT2D eigenvalue weighted by atomic mass is 9.79. The zero-order valence-electron chi connectivity index (χ0n) is 12.5. The Hall–Kier alpha value is -0.620. The highest BCUT2D eigenvalue weighted by Crippen LogP contribution is 2.31. The van der Waals surface area contributed by atoms with E-state index in [9.17, 15) is 13.2 Å². The van der Waals surface area contributed by atoms with E-state index in [0.29, 0.717) is 13.0 Å². The summed E-state index contributed by atoms with van der Waals surface area (Å²) in [5.74, 6) is 0.310. The Balaban J connectivity index is 2.00. The summed E-state index contributed by atoms with van der Waals surface area (Å²) in [7, 11) is -1.03. The normalized spacial score (nSPS) is 29.1. The third kappa shape index (κ3) is 3.52. The van der Waals surface area contributed by atoms with Gasteiger partial charge in [0.05, 0.1) is 11.5 Å². The highest BCUT2D eigenvalue weighted by molar-refractivity contribution is 7.91. The summed E-state index contributed by atoms with van der Waals surface area (Å²) < 4.78 is 23.2. The van der Waals surface area contributed by atoms with Gasteiger partial charge < -0.3 is 10.2 Å². The molecule has 1 unspecified atom stereocenters. The van der Waals surface area contributed by atoms with Gasteiger partial charge >= 0.3 is 0 Å². The molecule has 6 heteroatoms. The molecule has 2 fully saturated rings. The zero-order valence-corrected chi connectivity index (χ0v) is 13.3. The summed E-state index contributed by atoms with van der Waals surface area (Å²) in [4.78, 5) is 14.3. The molecule has 0 bridgehead atoms. The second-order valence-corrected chi connectivity index (χ2v) is 8.55. The van der Waals surface area contributed by atoms with Crippen LogP contribution in [-0.4, -0.2) is 55.9 Å². The van der Waals surface area contributed by atoms with Gasteiger partial charge in [0.25, 0.3) is 0 Å². The Morgan fingerprint density at radius 2 is 1.95 bits per heavy atom. The molecule has 1 N–H and O–H groups in total. The van der Waals surface area contributed by atoms with E-state index in [2.05, 4.69) is 5.32 Å².